The number of hydrogen-bond donors (Lipinski definition) is 0. The molecule has 0 amide bonds. The van der Waals surface area contributed by atoms with Crippen molar-refractivity contribution in [3.63, 3.8) is 0 Å². The first-order valence-corrected chi connectivity index (χ1v) is 11.5. The molecular weight excluding hydrogens is 468 g/mol. The molecule has 1 aliphatic carbocycles. The number of ketones is 1. The van der Waals surface area contributed by atoms with Crippen LogP contribution in [-0.2, 0) is 11.3 Å². The zero-order valence-corrected chi connectivity index (χ0v) is 20.3. The summed E-state index contributed by atoms with van der Waals surface area (Å²) >= 11 is 0. The van der Waals surface area contributed by atoms with Crippen LogP contribution in [-0.4, -0.2) is 11.8 Å². The van der Waals surface area contributed by atoms with Gasteiger partial charge in [0, 0.05) is 29.3 Å². The molecule has 0 N–H and O–H groups in total. The molecule has 0 unspecified atom stereocenters. The van der Waals surface area contributed by atoms with Gasteiger partial charge in [-0.1, -0.05) is 37.4 Å². The highest BCUT2D eigenvalue weighted by atomic mass is 16.5. The largest absolute Gasteiger partial charge is 0.462 e. The van der Waals surface area contributed by atoms with Crippen LogP contribution in [0.1, 0.15) is 40.9 Å². The second-order valence-corrected chi connectivity index (χ2v) is 8.65. The molecule has 0 saturated heterocycles. The Bertz CT molecular complexity index is 1590. The van der Waals surface area contributed by atoms with E-state index in [-0.39, 0.29) is 28.5 Å². The fraction of sp³-hybridized carbons (Fsp3) is 0.100. The smallest absolute Gasteiger partial charge is 0.308 e. The molecule has 0 atom stereocenters. The zero-order chi connectivity index (χ0) is 26.3. The van der Waals surface area contributed by atoms with Gasteiger partial charge in [0.1, 0.15) is 22.9 Å². The molecule has 7 nitrogen and oxygen atoms in total. The van der Waals surface area contributed by atoms with Gasteiger partial charge in [0.2, 0.25) is 5.78 Å². The number of hydrogen-bond acceptors (Lipinski definition) is 7. The molecule has 0 saturated carbocycles. The standard InChI is InChI=1S/C30H22N2O5/c1-17(2)35-25-13-12-24(36-19(4)33)26-18(3)30-28(29(34)27(25)26)32(22-10-7-8-20(14-22)15-31)16-21-9-5-6-11-23(21)37-30/h5-14H,1,3,16H2,2,4H3. The maximum Gasteiger partial charge on any atom is 0.308 e. The Labute approximate surface area is 214 Å². The number of anilines is 1. The van der Waals surface area contributed by atoms with Crippen LogP contribution in [0.2, 0.25) is 0 Å². The van der Waals surface area contributed by atoms with Gasteiger partial charge in [0.15, 0.2) is 5.76 Å². The second-order valence-electron chi connectivity index (χ2n) is 8.65. The lowest BCUT2D eigenvalue weighted by atomic mass is 9.86. The Balaban J connectivity index is 1.79. The lowest BCUT2D eigenvalue weighted by molar-refractivity contribution is -0.131. The Morgan fingerprint density at radius 3 is 2.46 bits per heavy atom. The number of para-hydroxylation sites is 1. The number of carbonyl (C=O) groups excluding carboxylic acids is 2. The SMILES string of the molecule is C=C(C)Oc1ccc(OC(C)=O)c2c1C(=O)C1=C(Oc3ccccc3CN1c1cccc(C#N)c1)C2=C. The third-order valence-corrected chi connectivity index (χ3v) is 5.97. The fourth-order valence-electron chi connectivity index (χ4n) is 4.49. The number of fused-ring (bicyclic) bond motifs is 2. The number of ether oxygens (including phenoxy) is 3. The summed E-state index contributed by atoms with van der Waals surface area (Å²) in [6.45, 7) is 11.3. The number of rotatable bonds is 4. The molecule has 1 heterocycles. The minimum atomic E-state index is -0.544. The van der Waals surface area contributed by atoms with Crippen LogP contribution < -0.4 is 19.1 Å². The van der Waals surface area contributed by atoms with Gasteiger partial charge in [0.25, 0.3) is 0 Å². The van der Waals surface area contributed by atoms with E-state index in [1.54, 1.807) is 37.3 Å². The molecule has 0 radical (unpaired) electrons. The minimum absolute atomic E-state index is 0.167. The van der Waals surface area contributed by atoms with Gasteiger partial charge in [-0.3, -0.25) is 9.59 Å². The maximum atomic E-state index is 14.3. The van der Waals surface area contributed by atoms with Gasteiger partial charge in [-0.2, -0.15) is 5.26 Å². The van der Waals surface area contributed by atoms with E-state index in [1.165, 1.54) is 6.92 Å². The van der Waals surface area contributed by atoms with E-state index in [0.717, 1.165) is 5.56 Å². The third kappa shape index (κ3) is 4.15. The molecular formula is C30H22N2O5. The molecule has 3 aromatic carbocycles. The first kappa shape index (κ1) is 23.6. The number of carbonyl (C=O) groups is 2. The van der Waals surface area contributed by atoms with Crippen LogP contribution in [0.5, 0.6) is 17.2 Å². The van der Waals surface area contributed by atoms with Crippen molar-refractivity contribution in [2.45, 2.75) is 20.4 Å². The van der Waals surface area contributed by atoms with Crippen molar-refractivity contribution in [3.05, 3.63) is 113 Å². The predicted octanol–water partition coefficient (Wildman–Crippen LogP) is 5.92. The summed E-state index contributed by atoms with van der Waals surface area (Å²) in [7, 11) is 0. The monoisotopic (exact) mass is 490 g/mol. The van der Waals surface area contributed by atoms with Crippen molar-refractivity contribution in [1.82, 2.24) is 0 Å². The van der Waals surface area contributed by atoms with Crippen molar-refractivity contribution >= 4 is 23.0 Å². The van der Waals surface area contributed by atoms with Crippen molar-refractivity contribution in [3.8, 4) is 23.3 Å². The lowest BCUT2D eigenvalue weighted by Gasteiger charge is -2.31. The number of benzene rings is 3. The molecule has 5 rings (SSSR count). The summed E-state index contributed by atoms with van der Waals surface area (Å²) in [4.78, 5) is 28.0. The zero-order valence-electron chi connectivity index (χ0n) is 20.3. The minimum Gasteiger partial charge on any atom is -0.462 e. The van der Waals surface area contributed by atoms with Crippen LogP contribution in [0.25, 0.3) is 5.57 Å². The molecule has 2 aliphatic rings. The summed E-state index contributed by atoms with van der Waals surface area (Å²) in [6, 6.07) is 19.7. The topological polar surface area (TPSA) is 88.9 Å². The molecule has 0 bridgehead atoms. The predicted molar refractivity (Wildman–Crippen MR) is 138 cm³/mol. The summed E-state index contributed by atoms with van der Waals surface area (Å²) in [5.41, 5.74) is 2.99. The van der Waals surface area contributed by atoms with Gasteiger partial charge >= 0.3 is 5.97 Å². The second kappa shape index (κ2) is 9.17. The molecule has 0 aromatic heterocycles. The third-order valence-electron chi connectivity index (χ3n) is 5.97. The Kier molecular flexibility index (Phi) is 5.86. The number of nitriles is 1. The highest BCUT2D eigenvalue weighted by molar-refractivity contribution is 6.21. The number of allylic oxidation sites excluding steroid dienone is 3. The van der Waals surface area contributed by atoms with Crippen molar-refractivity contribution in [1.29, 1.82) is 5.26 Å². The van der Waals surface area contributed by atoms with E-state index >= 15 is 0 Å². The Hall–Kier alpha value is -5.09. The Morgan fingerprint density at radius 2 is 1.76 bits per heavy atom. The van der Waals surface area contributed by atoms with Crippen LogP contribution in [0, 0.1) is 11.3 Å². The van der Waals surface area contributed by atoms with Crippen molar-refractivity contribution in [2.75, 3.05) is 4.90 Å². The van der Waals surface area contributed by atoms with Crippen LogP contribution >= 0.6 is 0 Å². The fourth-order valence-corrected chi connectivity index (χ4v) is 4.49. The van der Waals surface area contributed by atoms with Gasteiger partial charge in [0.05, 0.1) is 29.5 Å². The van der Waals surface area contributed by atoms with E-state index in [2.05, 4.69) is 19.2 Å². The summed E-state index contributed by atoms with van der Waals surface area (Å²) in [5.74, 6) is 0.643. The number of Topliss-reactive ketones (excluding diaryl/α,β-unsaturated/α-hetero) is 1. The first-order chi connectivity index (χ1) is 17.8. The molecule has 37 heavy (non-hydrogen) atoms. The van der Waals surface area contributed by atoms with Gasteiger partial charge < -0.3 is 19.1 Å². The van der Waals surface area contributed by atoms with Gasteiger partial charge in [-0.15, -0.1) is 0 Å². The summed E-state index contributed by atoms with van der Waals surface area (Å²) in [6.07, 6.45) is 0. The lowest BCUT2D eigenvalue weighted by Crippen LogP contribution is -2.32. The normalized spacial score (nSPS) is 13.9. The van der Waals surface area contributed by atoms with Crippen LogP contribution in [0.3, 0.4) is 0 Å². The van der Waals surface area contributed by atoms with Gasteiger partial charge in [-0.25, -0.2) is 0 Å². The van der Waals surface area contributed by atoms with E-state index in [1.807, 2.05) is 35.2 Å². The maximum absolute atomic E-state index is 14.3. The van der Waals surface area contributed by atoms with Crippen LogP contribution in [0.4, 0.5) is 5.69 Å². The van der Waals surface area contributed by atoms with E-state index in [0.29, 0.717) is 40.4 Å². The van der Waals surface area contributed by atoms with Crippen molar-refractivity contribution in [2.24, 2.45) is 0 Å². The molecule has 182 valence electrons. The van der Waals surface area contributed by atoms with Crippen molar-refractivity contribution < 1.29 is 23.8 Å². The quantitative estimate of drug-likeness (QED) is 0.255. The average Bonchev–Trinajstić information content (AvgIpc) is 3.05. The summed E-state index contributed by atoms with van der Waals surface area (Å²) < 4.78 is 17.6. The highest BCUT2D eigenvalue weighted by Crippen LogP contribution is 2.48. The van der Waals surface area contributed by atoms with E-state index in [4.69, 9.17) is 14.2 Å². The number of esters is 1. The first-order valence-electron chi connectivity index (χ1n) is 11.5. The Morgan fingerprint density at radius 1 is 1.03 bits per heavy atom. The highest BCUT2D eigenvalue weighted by Gasteiger charge is 2.40. The van der Waals surface area contributed by atoms with E-state index < -0.39 is 11.8 Å². The van der Waals surface area contributed by atoms with Gasteiger partial charge in [-0.05, 0) is 43.3 Å². The molecule has 3 aromatic rings. The average molecular weight is 491 g/mol. The molecule has 0 spiro atoms. The molecule has 1 aliphatic heterocycles. The van der Waals surface area contributed by atoms with Crippen LogP contribution in [0.15, 0.2) is 91.0 Å². The van der Waals surface area contributed by atoms with E-state index in [9.17, 15) is 14.9 Å². The molecule has 7 heteroatoms. The molecule has 0 fully saturated rings. The number of nitrogens with zero attached hydrogens (tertiary/aromatic N) is 2. The summed E-state index contributed by atoms with van der Waals surface area (Å²) in [5, 5.41) is 9.50.